The molecule has 2 unspecified atom stereocenters. The average Bonchev–Trinajstić information content (AvgIpc) is 2.98. The Morgan fingerprint density at radius 3 is 1.57 bits per heavy atom. The fraction of sp³-hybridized carbons (Fsp3) is 0.711. The molecule has 0 amide bonds. The molecule has 6 nitrogen and oxygen atoms in total. The smallest absolute Gasteiger partial charge is 0.305 e. The number of thioether (sulfide) groups is 2. The Labute approximate surface area is 333 Å². The van der Waals surface area contributed by atoms with E-state index in [9.17, 15) is 9.90 Å². The third-order valence-electron chi connectivity index (χ3n) is 9.40. The molecule has 8 heteroatoms. The number of hydrogen-bond donors (Lipinski definition) is 2. The monoisotopic (exact) mass is 774 g/mol. The lowest BCUT2D eigenvalue weighted by Gasteiger charge is -2.33. The van der Waals surface area contributed by atoms with Crippen LogP contribution in [0.2, 0.25) is 0 Å². The molecule has 0 spiro atoms. The third kappa shape index (κ3) is 14.7. The van der Waals surface area contributed by atoms with E-state index in [-0.39, 0.29) is 50.5 Å². The van der Waals surface area contributed by atoms with Gasteiger partial charge in [0.05, 0.1) is 16.8 Å². The summed E-state index contributed by atoms with van der Waals surface area (Å²) in [6.07, 6.45) is -0.0326. The highest BCUT2D eigenvalue weighted by molar-refractivity contribution is 8.18. The number of carbonyl (C=O) groups excluding carboxylic acids is 1. The first-order valence-corrected chi connectivity index (χ1v) is 21.3. The van der Waals surface area contributed by atoms with Crippen molar-refractivity contribution in [3.8, 4) is 5.75 Å². The Morgan fingerprint density at radius 1 is 0.736 bits per heavy atom. The second-order valence-electron chi connectivity index (χ2n) is 19.1. The second kappa shape index (κ2) is 19.0. The number of benzene rings is 2. The Hall–Kier alpha value is -1.71. The molecular weight excluding hydrogens is 699 g/mol. The highest BCUT2D eigenvalue weighted by Crippen LogP contribution is 2.50. The maximum Gasteiger partial charge on any atom is 0.305 e. The molecule has 0 heterocycles. The van der Waals surface area contributed by atoms with E-state index in [0.717, 1.165) is 16.9 Å². The number of nitrogens with one attached hydrogen (secondary N) is 1. The lowest BCUT2D eigenvalue weighted by molar-refractivity contribution is -0.143. The van der Waals surface area contributed by atoms with E-state index in [1.54, 1.807) is 0 Å². The molecule has 0 radical (unpaired) electrons. The van der Waals surface area contributed by atoms with Crippen molar-refractivity contribution >= 4 is 29.5 Å². The minimum Gasteiger partial charge on any atom is -0.490 e. The summed E-state index contributed by atoms with van der Waals surface area (Å²) in [5, 5.41) is 14.6. The molecule has 2 aromatic rings. The fourth-order valence-electron chi connectivity index (χ4n) is 6.74. The predicted octanol–water partition coefficient (Wildman–Crippen LogP) is 11.3. The van der Waals surface area contributed by atoms with E-state index >= 15 is 0 Å². The highest BCUT2D eigenvalue weighted by atomic mass is 32.2. The van der Waals surface area contributed by atoms with Gasteiger partial charge >= 0.3 is 5.97 Å². The van der Waals surface area contributed by atoms with E-state index in [1.165, 1.54) is 26.5 Å². The highest BCUT2D eigenvalue weighted by Gasteiger charge is 2.32. The molecule has 2 aromatic carbocycles. The van der Waals surface area contributed by atoms with Gasteiger partial charge in [-0.05, 0) is 111 Å². The summed E-state index contributed by atoms with van der Waals surface area (Å²) < 4.78 is 17.5. The first-order valence-electron chi connectivity index (χ1n) is 19.6. The van der Waals surface area contributed by atoms with E-state index < -0.39 is 6.10 Å². The van der Waals surface area contributed by atoms with Crippen LogP contribution < -0.4 is 10.1 Å². The Morgan fingerprint density at radius 2 is 1.17 bits per heavy atom. The van der Waals surface area contributed by atoms with Gasteiger partial charge in [-0.3, -0.25) is 4.79 Å². The topological polar surface area (TPSA) is 77.0 Å². The Bertz CT molecular complexity index is 1420. The van der Waals surface area contributed by atoms with Crippen molar-refractivity contribution in [3.63, 3.8) is 0 Å². The number of carbonyl (C=O) groups is 1. The summed E-state index contributed by atoms with van der Waals surface area (Å²) in [5.41, 5.74) is 6.19. The van der Waals surface area contributed by atoms with Crippen molar-refractivity contribution in [2.45, 2.75) is 191 Å². The SMILES string of the molecule is CCOC(=O)CC[C@H](NCC(O)COc1c(C(C)(C)C)cc(SC(C)(C)Sc2cc(C(C)(C)C)c(C)c(C(C)(C)C)c2)cc1C(C)(C)C)C(C)OCC. The number of esters is 1. The normalized spacial score (nSPS) is 14.9. The summed E-state index contributed by atoms with van der Waals surface area (Å²) in [5.74, 6) is 0.628. The van der Waals surface area contributed by atoms with Crippen LogP contribution in [0.5, 0.6) is 5.75 Å². The predicted molar refractivity (Wildman–Crippen MR) is 228 cm³/mol. The summed E-state index contributed by atoms with van der Waals surface area (Å²) in [6.45, 7) is 41.3. The molecule has 53 heavy (non-hydrogen) atoms. The van der Waals surface area contributed by atoms with Crippen LogP contribution in [0.4, 0.5) is 0 Å². The lowest BCUT2D eigenvalue weighted by Crippen LogP contribution is -2.44. The Kier molecular flexibility index (Phi) is 17.0. The number of aliphatic hydroxyl groups excluding tert-OH is 1. The zero-order valence-electron chi connectivity index (χ0n) is 36.7. The number of ether oxygens (including phenoxy) is 3. The lowest BCUT2D eigenvalue weighted by atomic mass is 9.77. The largest absolute Gasteiger partial charge is 0.490 e. The zero-order chi connectivity index (χ0) is 40.7. The zero-order valence-corrected chi connectivity index (χ0v) is 38.3. The van der Waals surface area contributed by atoms with Crippen LogP contribution in [-0.2, 0) is 35.9 Å². The van der Waals surface area contributed by atoms with Crippen LogP contribution in [-0.4, -0.2) is 59.8 Å². The van der Waals surface area contributed by atoms with Crippen molar-refractivity contribution in [3.05, 3.63) is 52.1 Å². The minimum absolute atomic E-state index is 0.0499. The van der Waals surface area contributed by atoms with Gasteiger partial charge in [-0.15, -0.1) is 23.5 Å². The van der Waals surface area contributed by atoms with Gasteiger partial charge in [0.15, 0.2) is 0 Å². The van der Waals surface area contributed by atoms with Crippen LogP contribution in [0.3, 0.4) is 0 Å². The van der Waals surface area contributed by atoms with Crippen LogP contribution in [0.15, 0.2) is 34.1 Å². The van der Waals surface area contributed by atoms with Gasteiger partial charge in [0.2, 0.25) is 0 Å². The summed E-state index contributed by atoms with van der Waals surface area (Å²) in [6, 6.07) is 9.31. The maximum atomic E-state index is 12.1. The Balaban J connectivity index is 2.42. The third-order valence-corrected chi connectivity index (χ3v) is 11.8. The molecule has 0 fully saturated rings. The second-order valence-corrected chi connectivity index (χ2v) is 22.7. The quantitative estimate of drug-likeness (QED) is 0.0935. The fourth-order valence-corrected chi connectivity index (χ4v) is 9.32. The van der Waals surface area contributed by atoms with Crippen molar-refractivity contribution in [1.29, 1.82) is 0 Å². The van der Waals surface area contributed by atoms with Crippen LogP contribution in [0.25, 0.3) is 0 Å². The van der Waals surface area contributed by atoms with Crippen LogP contribution in [0, 0.1) is 6.92 Å². The average molecular weight is 774 g/mol. The van der Waals surface area contributed by atoms with E-state index in [4.69, 9.17) is 14.2 Å². The molecule has 0 aliphatic heterocycles. The van der Waals surface area contributed by atoms with E-state index in [2.05, 4.69) is 133 Å². The molecule has 3 atom stereocenters. The van der Waals surface area contributed by atoms with Gasteiger partial charge in [-0.1, -0.05) is 83.1 Å². The van der Waals surface area contributed by atoms with Gasteiger partial charge in [0.1, 0.15) is 18.5 Å². The van der Waals surface area contributed by atoms with Gasteiger partial charge in [-0.2, -0.15) is 0 Å². The van der Waals surface area contributed by atoms with Crippen molar-refractivity contribution in [1.82, 2.24) is 5.32 Å². The molecule has 0 aromatic heterocycles. The molecule has 0 aliphatic rings. The molecule has 0 saturated carbocycles. The van der Waals surface area contributed by atoms with Crippen molar-refractivity contribution in [2.24, 2.45) is 0 Å². The van der Waals surface area contributed by atoms with Crippen LogP contribution >= 0.6 is 23.5 Å². The standard InChI is InChI=1S/C45H75NO5S2/c1-19-49-30(4)38(21-22-39(48)50-20-2)46-27-31(47)28-51-40-36(43(11,12)13)25-33(26-37(40)44(14,15)16)53-45(17,18)52-32-23-34(41(5,6)7)29(3)35(24-32)42(8,9)10/h23-26,30-31,38,46-47H,19-22,27-28H2,1-18H3/t30?,31?,38-/m0/s1. The molecule has 0 bridgehead atoms. The van der Waals surface area contributed by atoms with Crippen molar-refractivity contribution in [2.75, 3.05) is 26.4 Å². The van der Waals surface area contributed by atoms with Gasteiger partial charge in [-0.25, -0.2) is 0 Å². The first kappa shape index (κ1) is 47.4. The molecular formula is C45H75NO5S2. The summed E-state index contributed by atoms with van der Waals surface area (Å²) >= 11 is 3.83. The number of hydrogen-bond acceptors (Lipinski definition) is 8. The molecule has 0 saturated heterocycles. The van der Waals surface area contributed by atoms with E-state index in [0.29, 0.717) is 32.6 Å². The maximum absolute atomic E-state index is 12.1. The van der Waals surface area contributed by atoms with Gasteiger partial charge < -0.3 is 24.6 Å². The molecule has 302 valence electrons. The molecule has 0 aliphatic carbocycles. The molecule has 2 N–H and O–H groups in total. The molecule has 2 rings (SSSR count). The number of aliphatic hydroxyl groups is 1. The van der Waals surface area contributed by atoms with Gasteiger partial charge in [0.25, 0.3) is 0 Å². The van der Waals surface area contributed by atoms with Crippen LogP contribution in [0.1, 0.15) is 158 Å². The summed E-state index contributed by atoms with van der Waals surface area (Å²) in [4.78, 5) is 14.6. The first-order chi connectivity index (χ1) is 24.1. The summed E-state index contributed by atoms with van der Waals surface area (Å²) in [7, 11) is 0. The minimum atomic E-state index is -0.760. The van der Waals surface area contributed by atoms with Crippen molar-refractivity contribution < 1.29 is 24.1 Å². The number of rotatable bonds is 17. The van der Waals surface area contributed by atoms with Gasteiger partial charge in [0, 0.05) is 46.5 Å². The van der Waals surface area contributed by atoms with E-state index in [1.807, 2.05) is 44.3 Å².